The molecule has 1 heterocycles. The molecule has 0 saturated carbocycles. The molecule has 0 spiro atoms. The highest BCUT2D eigenvalue weighted by Crippen LogP contribution is 2.34. The summed E-state index contributed by atoms with van der Waals surface area (Å²) in [5, 5.41) is 2.95. The Morgan fingerprint density at radius 1 is 1.30 bits per heavy atom. The summed E-state index contributed by atoms with van der Waals surface area (Å²) >= 11 is 7.01. The van der Waals surface area contributed by atoms with Crippen molar-refractivity contribution >= 4 is 28.6 Å². The maximum Gasteiger partial charge on any atom is 0.416 e. The van der Waals surface area contributed by atoms with Gasteiger partial charge in [-0.05, 0) is 18.1 Å². The number of nitrogens with zero attached hydrogens (tertiary/aromatic N) is 1. The van der Waals surface area contributed by atoms with Crippen LogP contribution < -0.4 is 10.1 Å². The molecule has 2 aromatic rings. The second-order valence-electron chi connectivity index (χ2n) is 5.38. The Labute approximate surface area is 141 Å². The van der Waals surface area contributed by atoms with E-state index in [0.29, 0.717) is 23.3 Å². The summed E-state index contributed by atoms with van der Waals surface area (Å²) in [6.07, 6.45) is -2.84. The first-order valence-electron chi connectivity index (χ1n) is 6.93. The van der Waals surface area contributed by atoms with Gasteiger partial charge in [-0.25, -0.2) is 4.98 Å². The van der Waals surface area contributed by atoms with E-state index in [1.165, 1.54) is 11.3 Å². The average molecular weight is 365 g/mol. The van der Waals surface area contributed by atoms with Crippen molar-refractivity contribution in [3.8, 4) is 5.75 Å². The van der Waals surface area contributed by atoms with Gasteiger partial charge in [0.05, 0.1) is 18.7 Å². The van der Waals surface area contributed by atoms with Gasteiger partial charge in [-0.1, -0.05) is 25.4 Å². The third kappa shape index (κ3) is 5.58. The highest BCUT2D eigenvalue weighted by Gasteiger charge is 2.31. The number of thiazole rings is 1. The molecule has 0 aliphatic carbocycles. The number of anilines is 1. The molecule has 1 N–H and O–H groups in total. The van der Waals surface area contributed by atoms with Crippen molar-refractivity contribution in [2.75, 3.05) is 11.9 Å². The number of nitrogens with one attached hydrogen (secondary N) is 1. The van der Waals surface area contributed by atoms with E-state index in [1.807, 2.05) is 13.8 Å². The average Bonchev–Trinajstić information content (AvgIpc) is 2.87. The van der Waals surface area contributed by atoms with Gasteiger partial charge < -0.3 is 10.1 Å². The third-order valence-corrected chi connectivity index (χ3v) is 3.92. The first-order valence-corrected chi connectivity index (χ1v) is 8.12. The minimum atomic E-state index is -4.43. The Bertz CT molecular complexity index is 658. The molecule has 0 amide bonds. The summed E-state index contributed by atoms with van der Waals surface area (Å²) in [7, 11) is 0. The fourth-order valence-corrected chi connectivity index (χ4v) is 2.68. The van der Waals surface area contributed by atoms with E-state index in [-0.39, 0.29) is 11.7 Å². The van der Waals surface area contributed by atoms with E-state index in [2.05, 4.69) is 10.3 Å². The van der Waals surface area contributed by atoms with Crippen LogP contribution in [0.15, 0.2) is 24.4 Å². The molecular formula is C15H16ClF3N2OS. The highest BCUT2D eigenvalue weighted by atomic mass is 35.5. The molecule has 0 unspecified atom stereocenters. The SMILES string of the molecule is CC(C)COc1cc(NCc2cnc(Cl)s2)cc(C(F)(F)F)c1. The van der Waals surface area contributed by atoms with Crippen LogP contribution in [-0.4, -0.2) is 11.6 Å². The maximum absolute atomic E-state index is 13.0. The number of hydrogen-bond donors (Lipinski definition) is 1. The molecule has 0 atom stereocenters. The van der Waals surface area contributed by atoms with Crippen molar-refractivity contribution in [1.29, 1.82) is 0 Å². The van der Waals surface area contributed by atoms with E-state index >= 15 is 0 Å². The number of rotatable bonds is 6. The summed E-state index contributed by atoms with van der Waals surface area (Å²) in [5.74, 6) is 0.415. The van der Waals surface area contributed by atoms with Crippen molar-refractivity contribution in [2.24, 2.45) is 5.92 Å². The minimum Gasteiger partial charge on any atom is -0.493 e. The fraction of sp³-hybridized carbons (Fsp3) is 0.400. The molecule has 126 valence electrons. The number of hydrogen-bond acceptors (Lipinski definition) is 4. The minimum absolute atomic E-state index is 0.193. The molecule has 0 aliphatic rings. The van der Waals surface area contributed by atoms with Crippen LogP contribution in [0.2, 0.25) is 4.47 Å². The van der Waals surface area contributed by atoms with Gasteiger partial charge >= 0.3 is 6.18 Å². The van der Waals surface area contributed by atoms with Crippen LogP contribution in [0, 0.1) is 5.92 Å². The molecule has 2 rings (SSSR count). The molecule has 23 heavy (non-hydrogen) atoms. The molecule has 8 heteroatoms. The second kappa shape index (κ2) is 7.40. The van der Waals surface area contributed by atoms with Crippen LogP contribution in [0.1, 0.15) is 24.3 Å². The Morgan fingerprint density at radius 3 is 2.61 bits per heavy atom. The molecule has 0 fully saturated rings. The molecular weight excluding hydrogens is 349 g/mol. The lowest BCUT2D eigenvalue weighted by molar-refractivity contribution is -0.137. The van der Waals surface area contributed by atoms with Gasteiger partial charge in [-0.2, -0.15) is 13.2 Å². The lowest BCUT2D eigenvalue weighted by Crippen LogP contribution is -2.09. The summed E-state index contributed by atoms with van der Waals surface area (Å²) in [4.78, 5) is 4.72. The van der Waals surface area contributed by atoms with Crippen LogP contribution in [0.3, 0.4) is 0 Å². The van der Waals surface area contributed by atoms with Crippen LogP contribution in [0.25, 0.3) is 0 Å². The largest absolute Gasteiger partial charge is 0.493 e. The normalized spacial score (nSPS) is 11.8. The molecule has 0 radical (unpaired) electrons. The van der Waals surface area contributed by atoms with E-state index in [1.54, 1.807) is 12.3 Å². The lowest BCUT2D eigenvalue weighted by atomic mass is 10.1. The maximum atomic E-state index is 13.0. The Hall–Kier alpha value is -1.47. The van der Waals surface area contributed by atoms with E-state index in [4.69, 9.17) is 16.3 Å². The van der Waals surface area contributed by atoms with Gasteiger partial charge in [-0.15, -0.1) is 11.3 Å². The zero-order valence-electron chi connectivity index (χ0n) is 12.6. The van der Waals surface area contributed by atoms with Crippen molar-refractivity contribution in [1.82, 2.24) is 4.98 Å². The van der Waals surface area contributed by atoms with Crippen LogP contribution >= 0.6 is 22.9 Å². The van der Waals surface area contributed by atoms with Crippen molar-refractivity contribution in [2.45, 2.75) is 26.6 Å². The summed E-state index contributed by atoms with van der Waals surface area (Å²) in [6.45, 7) is 4.56. The van der Waals surface area contributed by atoms with Crippen LogP contribution in [0.4, 0.5) is 18.9 Å². The van der Waals surface area contributed by atoms with Crippen molar-refractivity contribution in [3.05, 3.63) is 39.3 Å². The topological polar surface area (TPSA) is 34.1 Å². The van der Waals surface area contributed by atoms with Gasteiger partial charge in [0, 0.05) is 22.8 Å². The molecule has 0 aliphatic heterocycles. The van der Waals surface area contributed by atoms with E-state index < -0.39 is 11.7 Å². The quantitative estimate of drug-likeness (QED) is 0.738. The predicted molar refractivity (Wildman–Crippen MR) is 86.2 cm³/mol. The van der Waals surface area contributed by atoms with Crippen molar-refractivity contribution < 1.29 is 17.9 Å². The smallest absolute Gasteiger partial charge is 0.416 e. The standard InChI is InChI=1S/C15H16ClF3N2OS/c1-9(2)8-22-12-4-10(15(17,18)19)3-11(5-12)20-6-13-7-21-14(16)23-13/h3-5,7,9,20H,6,8H2,1-2H3. The molecule has 1 aromatic heterocycles. The van der Waals surface area contributed by atoms with E-state index in [0.717, 1.165) is 17.0 Å². The number of aromatic nitrogens is 1. The Kier molecular flexibility index (Phi) is 5.75. The van der Waals surface area contributed by atoms with Crippen LogP contribution in [0.5, 0.6) is 5.75 Å². The summed E-state index contributed by atoms with van der Waals surface area (Å²) < 4.78 is 44.8. The molecule has 0 bridgehead atoms. The number of ether oxygens (including phenoxy) is 1. The Balaban J connectivity index is 2.17. The summed E-state index contributed by atoms with van der Waals surface area (Å²) in [5.41, 5.74) is -0.410. The predicted octanol–water partition coefficient (Wildman–Crippen LogP) is 5.46. The van der Waals surface area contributed by atoms with Gasteiger partial charge in [0.1, 0.15) is 5.75 Å². The number of benzene rings is 1. The lowest BCUT2D eigenvalue weighted by Gasteiger charge is -2.15. The first kappa shape index (κ1) is 17.9. The van der Waals surface area contributed by atoms with Crippen LogP contribution in [-0.2, 0) is 12.7 Å². The number of halogens is 4. The fourth-order valence-electron chi connectivity index (χ4n) is 1.77. The monoisotopic (exact) mass is 364 g/mol. The second-order valence-corrected chi connectivity index (χ2v) is 7.08. The van der Waals surface area contributed by atoms with Gasteiger partial charge in [-0.3, -0.25) is 0 Å². The molecule has 3 nitrogen and oxygen atoms in total. The molecule has 1 aromatic carbocycles. The zero-order chi connectivity index (χ0) is 17.0. The van der Waals surface area contributed by atoms with Crippen molar-refractivity contribution in [3.63, 3.8) is 0 Å². The van der Waals surface area contributed by atoms with Gasteiger partial charge in [0.25, 0.3) is 0 Å². The van der Waals surface area contributed by atoms with Gasteiger partial charge in [0.2, 0.25) is 0 Å². The zero-order valence-corrected chi connectivity index (χ0v) is 14.1. The van der Waals surface area contributed by atoms with Gasteiger partial charge in [0.15, 0.2) is 4.47 Å². The summed E-state index contributed by atoms with van der Waals surface area (Å²) in [6, 6.07) is 3.63. The number of alkyl halides is 3. The van der Waals surface area contributed by atoms with E-state index in [9.17, 15) is 13.2 Å². The first-order chi connectivity index (χ1) is 10.7. The highest BCUT2D eigenvalue weighted by molar-refractivity contribution is 7.15. The third-order valence-electron chi connectivity index (χ3n) is 2.81. The Morgan fingerprint density at radius 2 is 2.04 bits per heavy atom. The molecule has 0 saturated heterocycles.